The van der Waals surface area contributed by atoms with Gasteiger partial charge in [0.25, 0.3) is 0 Å². The van der Waals surface area contributed by atoms with Gasteiger partial charge in [0.15, 0.2) is 11.5 Å². The molecule has 114 valence electrons. The lowest BCUT2D eigenvalue weighted by Gasteiger charge is -2.15. The van der Waals surface area contributed by atoms with E-state index in [1.807, 2.05) is 23.6 Å². The predicted molar refractivity (Wildman–Crippen MR) is 88.6 cm³/mol. The molecule has 1 N–H and O–H groups in total. The Labute approximate surface area is 134 Å². The molecule has 2 aromatic rings. The van der Waals surface area contributed by atoms with Crippen LogP contribution in [0.15, 0.2) is 29.0 Å². The van der Waals surface area contributed by atoms with Gasteiger partial charge >= 0.3 is 0 Å². The molecule has 0 atom stereocenters. The van der Waals surface area contributed by atoms with Gasteiger partial charge in [0.2, 0.25) is 0 Å². The molecule has 21 heavy (non-hydrogen) atoms. The number of rotatable bonds is 7. The molecule has 5 heteroatoms. The smallest absolute Gasteiger partial charge is 0.180 e. The van der Waals surface area contributed by atoms with Gasteiger partial charge in [-0.1, -0.05) is 25.4 Å². The van der Waals surface area contributed by atoms with Crippen LogP contribution in [0.2, 0.25) is 5.02 Å². The second-order valence-electron chi connectivity index (χ2n) is 5.06. The summed E-state index contributed by atoms with van der Waals surface area (Å²) in [7, 11) is 1.63. The van der Waals surface area contributed by atoms with E-state index in [9.17, 15) is 0 Å². The lowest BCUT2D eigenvalue weighted by Crippen LogP contribution is -2.21. The molecule has 0 saturated heterocycles. The minimum Gasteiger partial charge on any atom is -0.493 e. The van der Waals surface area contributed by atoms with Gasteiger partial charge in [-0.2, -0.15) is 11.3 Å². The van der Waals surface area contributed by atoms with Gasteiger partial charge in [-0.25, -0.2) is 0 Å². The standard InChI is InChI=1S/C16H20ClNO2S/c1-11(2)18-8-13-6-14(17)16(15(7-13)19-3)20-9-12-4-5-21-10-12/h4-7,10-11,18H,8-9H2,1-3H3. The van der Waals surface area contributed by atoms with Gasteiger partial charge in [0.1, 0.15) is 6.61 Å². The Bertz CT molecular complexity index is 570. The Morgan fingerprint density at radius 1 is 1.29 bits per heavy atom. The Morgan fingerprint density at radius 3 is 2.71 bits per heavy atom. The van der Waals surface area contributed by atoms with Crippen LogP contribution in [0.4, 0.5) is 0 Å². The molecule has 1 aromatic carbocycles. The highest BCUT2D eigenvalue weighted by Gasteiger charge is 2.12. The monoisotopic (exact) mass is 325 g/mol. The van der Waals surface area contributed by atoms with E-state index in [1.165, 1.54) is 0 Å². The number of hydrogen-bond donors (Lipinski definition) is 1. The summed E-state index contributed by atoms with van der Waals surface area (Å²) in [5, 5.41) is 8.02. The second-order valence-corrected chi connectivity index (χ2v) is 6.25. The molecule has 0 bridgehead atoms. The van der Waals surface area contributed by atoms with Crippen LogP contribution in [-0.2, 0) is 13.2 Å². The molecule has 3 nitrogen and oxygen atoms in total. The van der Waals surface area contributed by atoms with Crippen LogP contribution in [0.25, 0.3) is 0 Å². The first-order chi connectivity index (χ1) is 10.1. The highest BCUT2D eigenvalue weighted by molar-refractivity contribution is 7.07. The van der Waals surface area contributed by atoms with Crippen molar-refractivity contribution in [1.82, 2.24) is 5.32 Å². The molecular weight excluding hydrogens is 306 g/mol. The molecule has 0 aliphatic carbocycles. The lowest BCUT2D eigenvalue weighted by molar-refractivity contribution is 0.285. The molecule has 1 heterocycles. The van der Waals surface area contributed by atoms with Gasteiger partial charge in [0.05, 0.1) is 12.1 Å². The van der Waals surface area contributed by atoms with Crippen LogP contribution in [0.5, 0.6) is 11.5 Å². The van der Waals surface area contributed by atoms with Crippen molar-refractivity contribution in [2.75, 3.05) is 7.11 Å². The topological polar surface area (TPSA) is 30.5 Å². The summed E-state index contributed by atoms with van der Waals surface area (Å²) in [5.41, 5.74) is 2.21. The van der Waals surface area contributed by atoms with Crippen LogP contribution in [-0.4, -0.2) is 13.2 Å². The number of methoxy groups -OCH3 is 1. The van der Waals surface area contributed by atoms with Crippen LogP contribution >= 0.6 is 22.9 Å². The van der Waals surface area contributed by atoms with Crippen molar-refractivity contribution < 1.29 is 9.47 Å². The molecule has 0 saturated carbocycles. The zero-order valence-corrected chi connectivity index (χ0v) is 14.1. The fourth-order valence-corrected chi connectivity index (χ4v) is 2.81. The number of thiophene rings is 1. The first-order valence-corrected chi connectivity index (χ1v) is 8.16. The third-order valence-corrected chi connectivity index (χ3v) is 3.98. The molecular formula is C16H20ClNO2S. The van der Waals surface area contributed by atoms with Gasteiger partial charge in [-0.15, -0.1) is 0 Å². The first-order valence-electron chi connectivity index (χ1n) is 6.83. The molecule has 0 spiro atoms. The van der Waals surface area contributed by atoms with E-state index in [1.54, 1.807) is 18.4 Å². The SMILES string of the molecule is COc1cc(CNC(C)C)cc(Cl)c1OCc1ccsc1. The van der Waals surface area contributed by atoms with Crippen molar-refractivity contribution in [3.05, 3.63) is 45.1 Å². The van der Waals surface area contributed by atoms with Crippen molar-refractivity contribution in [3.63, 3.8) is 0 Å². The summed E-state index contributed by atoms with van der Waals surface area (Å²) >= 11 is 7.99. The average molecular weight is 326 g/mol. The number of ether oxygens (including phenoxy) is 2. The maximum atomic E-state index is 6.34. The first kappa shape index (κ1) is 16.1. The van der Waals surface area contributed by atoms with Gasteiger partial charge in [-0.05, 0) is 40.1 Å². The maximum absolute atomic E-state index is 6.34. The molecule has 0 radical (unpaired) electrons. The third kappa shape index (κ3) is 4.63. The van der Waals surface area contributed by atoms with E-state index >= 15 is 0 Å². The van der Waals surface area contributed by atoms with E-state index < -0.39 is 0 Å². The summed E-state index contributed by atoms with van der Waals surface area (Å²) in [4.78, 5) is 0. The molecule has 2 rings (SSSR count). The normalized spacial score (nSPS) is 10.9. The zero-order chi connectivity index (χ0) is 15.2. The lowest BCUT2D eigenvalue weighted by atomic mass is 10.2. The Morgan fingerprint density at radius 2 is 2.10 bits per heavy atom. The summed E-state index contributed by atoms with van der Waals surface area (Å²) in [6.07, 6.45) is 0. The molecule has 0 fully saturated rings. The summed E-state index contributed by atoms with van der Waals surface area (Å²) in [5.74, 6) is 1.26. The minimum absolute atomic E-state index is 0.421. The fraction of sp³-hybridized carbons (Fsp3) is 0.375. The van der Waals surface area contributed by atoms with Crippen LogP contribution in [0.1, 0.15) is 25.0 Å². The van der Waals surface area contributed by atoms with Crippen molar-refractivity contribution in [3.8, 4) is 11.5 Å². The summed E-state index contributed by atoms with van der Waals surface area (Å²) < 4.78 is 11.2. The largest absolute Gasteiger partial charge is 0.493 e. The quantitative estimate of drug-likeness (QED) is 0.813. The van der Waals surface area contributed by atoms with Crippen LogP contribution in [0.3, 0.4) is 0 Å². The highest BCUT2D eigenvalue weighted by Crippen LogP contribution is 2.37. The van der Waals surface area contributed by atoms with Crippen LogP contribution in [0, 0.1) is 0 Å². The number of benzene rings is 1. The molecule has 0 aliphatic rings. The Balaban J connectivity index is 2.12. The summed E-state index contributed by atoms with van der Waals surface area (Å²) in [6, 6.07) is 6.34. The van der Waals surface area contributed by atoms with Gasteiger partial charge < -0.3 is 14.8 Å². The van der Waals surface area contributed by atoms with Gasteiger partial charge in [0, 0.05) is 12.6 Å². The number of halogens is 1. The zero-order valence-electron chi connectivity index (χ0n) is 12.5. The van der Waals surface area contributed by atoms with Crippen molar-refractivity contribution in [2.24, 2.45) is 0 Å². The Kier molecular flexibility index (Phi) is 5.91. The molecule has 1 aromatic heterocycles. The maximum Gasteiger partial charge on any atom is 0.180 e. The van der Waals surface area contributed by atoms with E-state index in [0.29, 0.717) is 29.2 Å². The number of hydrogen-bond acceptors (Lipinski definition) is 4. The van der Waals surface area contributed by atoms with Crippen molar-refractivity contribution in [2.45, 2.75) is 33.0 Å². The minimum atomic E-state index is 0.421. The fourth-order valence-electron chi connectivity index (χ4n) is 1.87. The second kappa shape index (κ2) is 7.69. The van der Waals surface area contributed by atoms with Crippen molar-refractivity contribution in [1.29, 1.82) is 0 Å². The molecule has 0 unspecified atom stereocenters. The van der Waals surface area contributed by atoms with Gasteiger partial charge in [-0.3, -0.25) is 0 Å². The van der Waals surface area contributed by atoms with Crippen LogP contribution < -0.4 is 14.8 Å². The number of nitrogens with one attached hydrogen (secondary N) is 1. The highest BCUT2D eigenvalue weighted by atomic mass is 35.5. The van der Waals surface area contributed by atoms with Crippen molar-refractivity contribution >= 4 is 22.9 Å². The Hall–Kier alpha value is -1.23. The third-order valence-electron chi connectivity index (χ3n) is 2.97. The average Bonchev–Trinajstić information content (AvgIpc) is 2.96. The van der Waals surface area contributed by atoms with E-state index in [2.05, 4.69) is 24.5 Å². The predicted octanol–water partition coefficient (Wildman–Crippen LogP) is 4.49. The van der Waals surface area contributed by atoms with E-state index in [4.69, 9.17) is 21.1 Å². The van der Waals surface area contributed by atoms with E-state index in [0.717, 1.165) is 17.7 Å². The molecule has 0 aliphatic heterocycles. The van der Waals surface area contributed by atoms with E-state index in [-0.39, 0.29) is 0 Å². The molecule has 0 amide bonds. The summed E-state index contributed by atoms with van der Waals surface area (Å²) in [6.45, 7) is 5.45.